The van der Waals surface area contributed by atoms with Crippen LogP contribution in [0.25, 0.3) is 11.1 Å². The van der Waals surface area contributed by atoms with E-state index < -0.39 is 24.9 Å². The smallest absolute Gasteiger partial charge is 0.272 e. The second-order valence-electron chi connectivity index (χ2n) is 4.85. The number of hydrogen-bond acceptors (Lipinski definition) is 3. The normalized spacial score (nSPS) is 12.0. The van der Waals surface area contributed by atoms with Crippen LogP contribution in [0.3, 0.4) is 0 Å². The Labute approximate surface area is 153 Å². The fourth-order valence-electron chi connectivity index (χ4n) is 2.00. The number of aromatic nitrogens is 1. The van der Waals surface area contributed by atoms with E-state index in [1.807, 2.05) is 0 Å². The number of pyridine rings is 1. The molecule has 0 spiro atoms. The van der Waals surface area contributed by atoms with Crippen LogP contribution in [0, 0.1) is 5.82 Å². The van der Waals surface area contributed by atoms with Crippen LogP contribution in [0.4, 0.5) is 13.2 Å². The molecule has 2 aromatic rings. The van der Waals surface area contributed by atoms with Gasteiger partial charge < -0.3 is 10.5 Å². The summed E-state index contributed by atoms with van der Waals surface area (Å²) >= 11 is 11.9. The van der Waals surface area contributed by atoms with E-state index in [1.54, 1.807) is 6.92 Å². The number of nitrogens with two attached hydrogens (primary N) is 1. The Kier molecular flexibility index (Phi) is 7.60. The first-order valence-corrected chi connectivity index (χ1v) is 7.36. The number of hydrogen-bond donors (Lipinski definition) is 1. The highest BCUT2D eigenvalue weighted by Crippen LogP contribution is 2.39. The second kappa shape index (κ2) is 8.76. The highest BCUT2D eigenvalue weighted by Gasteiger charge is 2.17. The SMILES string of the molecule is C[C@@H](N)c1ncc(-c2cc(Cl)cc(Cl)c2OCC(F)F)cc1F.Cl. The van der Waals surface area contributed by atoms with Crippen molar-refractivity contribution in [3.63, 3.8) is 0 Å². The molecule has 1 aromatic heterocycles. The van der Waals surface area contributed by atoms with Gasteiger partial charge in [0.15, 0.2) is 0 Å². The lowest BCUT2D eigenvalue weighted by Gasteiger charge is -2.15. The molecule has 2 rings (SSSR count). The van der Waals surface area contributed by atoms with Gasteiger partial charge in [0.2, 0.25) is 0 Å². The summed E-state index contributed by atoms with van der Waals surface area (Å²) < 4.78 is 43.9. The zero-order valence-electron chi connectivity index (χ0n) is 12.4. The molecule has 132 valence electrons. The van der Waals surface area contributed by atoms with E-state index in [1.165, 1.54) is 24.4 Å². The summed E-state index contributed by atoms with van der Waals surface area (Å²) in [4.78, 5) is 3.96. The van der Waals surface area contributed by atoms with E-state index in [4.69, 9.17) is 33.7 Å². The molecule has 0 aliphatic heterocycles. The summed E-state index contributed by atoms with van der Waals surface area (Å²) in [5.74, 6) is -0.625. The van der Waals surface area contributed by atoms with E-state index in [0.29, 0.717) is 5.56 Å². The lowest BCUT2D eigenvalue weighted by atomic mass is 10.0. The van der Waals surface area contributed by atoms with Gasteiger partial charge in [-0.2, -0.15) is 0 Å². The molecule has 0 radical (unpaired) electrons. The van der Waals surface area contributed by atoms with Crippen LogP contribution in [0.1, 0.15) is 18.7 Å². The standard InChI is InChI=1S/C15H13Cl2F3N2O.ClH/c1-7(21)14-12(18)2-8(5-22-14)10-3-9(16)4-11(17)15(10)23-6-13(19)20;/h2-5,7,13H,6,21H2,1H3;1H/t7-;/m1./s1. The Hall–Kier alpha value is -1.21. The third-order valence-corrected chi connectivity index (χ3v) is 3.47. The third kappa shape index (κ3) is 4.89. The van der Waals surface area contributed by atoms with Gasteiger partial charge in [-0.05, 0) is 25.1 Å². The molecule has 0 fully saturated rings. The quantitative estimate of drug-likeness (QED) is 0.741. The topological polar surface area (TPSA) is 48.1 Å². The number of ether oxygens (including phenoxy) is 1. The average molecular weight is 402 g/mol. The molecular weight excluding hydrogens is 388 g/mol. The van der Waals surface area contributed by atoms with Gasteiger partial charge in [0, 0.05) is 28.4 Å². The molecule has 0 saturated heterocycles. The van der Waals surface area contributed by atoms with Crippen molar-refractivity contribution in [3.8, 4) is 16.9 Å². The maximum Gasteiger partial charge on any atom is 0.272 e. The zero-order chi connectivity index (χ0) is 17.1. The molecule has 0 aliphatic rings. The molecule has 0 bridgehead atoms. The molecule has 0 aliphatic carbocycles. The van der Waals surface area contributed by atoms with E-state index in [9.17, 15) is 13.2 Å². The average Bonchev–Trinajstić information content (AvgIpc) is 2.44. The van der Waals surface area contributed by atoms with Gasteiger partial charge in [0.05, 0.1) is 10.7 Å². The predicted molar refractivity (Wildman–Crippen MR) is 91.0 cm³/mol. The Morgan fingerprint density at radius 3 is 2.46 bits per heavy atom. The van der Waals surface area contributed by atoms with Crippen molar-refractivity contribution in [1.29, 1.82) is 0 Å². The van der Waals surface area contributed by atoms with Crippen LogP contribution < -0.4 is 10.5 Å². The number of alkyl halides is 2. The van der Waals surface area contributed by atoms with Gasteiger partial charge in [-0.1, -0.05) is 23.2 Å². The minimum Gasteiger partial charge on any atom is -0.485 e. The lowest BCUT2D eigenvalue weighted by molar-refractivity contribution is 0.0822. The molecule has 1 atom stereocenters. The Balaban J connectivity index is 0.00000288. The first-order chi connectivity index (χ1) is 10.8. The first-order valence-electron chi connectivity index (χ1n) is 6.61. The number of nitrogens with zero attached hydrogens (tertiary/aromatic N) is 1. The van der Waals surface area contributed by atoms with E-state index in [-0.39, 0.29) is 39.5 Å². The van der Waals surface area contributed by atoms with Crippen molar-refractivity contribution in [2.24, 2.45) is 5.73 Å². The summed E-state index contributed by atoms with van der Waals surface area (Å²) in [6.07, 6.45) is -1.32. The van der Waals surface area contributed by atoms with Crippen LogP contribution in [0.5, 0.6) is 5.75 Å². The zero-order valence-corrected chi connectivity index (χ0v) is 14.7. The molecule has 3 nitrogen and oxygen atoms in total. The van der Waals surface area contributed by atoms with Gasteiger partial charge in [0.1, 0.15) is 18.2 Å². The Morgan fingerprint density at radius 1 is 1.25 bits per heavy atom. The lowest BCUT2D eigenvalue weighted by Crippen LogP contribution is -2.10. The maximum atomic E-state index is 14.1. The fourth-order valence-corrected chi connectivity index (χ4v) is 2.55. The summed E-state index contributed by atoms with van der Waals surface area (Å²) in [6.45, 7) is 0.751. The largest absolute Gasteiger partial charge is 0.485 e. The van der Waals surface area contributed by atoms with Crippen molar-refractivity contribution < 1.29 is 17.9 Å². The van der Waals surface area contributed by atoms with Gasteiger partial charge in [-0.25, -0.2) is 13.2 Å². The molecule has 0 unspecified atom stereocenters. The molecule has 2 N–H and O–H groups in total. The Morgan fingerprint density at radius 2 is 1.92 bits per heavy atom. The summed E-state index contributed by atoms with van der Waals surface area (Å²) in [6, 6.07) is 3.40. The molecule has 1 heterocycles. The van der Waals surface area contributed by atoms with Crippen LogP contribution >= 0.6 is 35.6 Å². The van der Waals surface area contributed by atoms with Gasteiger partial charge >= 0.3 is 0 Å². The maximum absolute atomic E-state index is 14.1. The van der Waals surface area contributed by atoms with Crippen LogP contribution in [-0.2, 0) is 0 Å². The van der Waals surface area contributed by atoms with E-state index in [0.717, 1.165) is 0 Å². The van der Waals surface area contributed by atoms with Gasteiger partial charge in [0.25, 0.3) is 6.43 Å². The summed E-state index contributed by atoms with van der Waals surface area (Å²) in [7, 11) is 0. The molecule has 0 saturated carbocycles. The van der Waals surface area contributed by atoms with Crippen LogP contribution in [0.2, 0.25) is 10.0 Å². The number of halogens is 6. The highest BCUT2D eigenvalue weighted by molar-refractivity contribution is 6.36. The minimum absolute atomic E-state index is 0. The minimum atomic E-state index is -2.68. The molecular formula is C15H14Cl3F3N2O. The first kappa shape index (κ1) is 20.8. The predicted octanol–water partition coefficient (Wildman–Crippen LogP) is 5.28. The fraction of sp³-hybridized carbons (Fsp3) is 0.267. The van der Waals surface area contributed by atoms with Crippen LogP contribution in [0.15, 0.2) is 24.4 Å². The number of benzene rings is 1. The second-order valence-corrected chi connectivity index (χ2v) is 5.69. The monoisotopic (exact) mass is 400 g/mol. The summed E-state index contributed by atoms with van der Waals surface area (Å²) in [5.41, 5.74) is 6.27. The van der Waals surface area contributed by atoms with Gasteiger partial charge in [-0.15, -0.1) is 12.4 Å². The number of rotatable bonds is 5. The highest BCUT2D eigenvalue weighted by atomic mass is 35.5. The molecule has 0 amide bonds. The van der Waals surface area contributed by atoms with Crippen molar-refractivity contribution in [3.05, 3.63) is 46.0 Å². The van der Waals surface area contributed by atoms with E-state index >= 15 is 0 Å². The molecule has 9 heteroatoms. The molecule has 24 heavy (non-hydrogen) atoms. The summed E-state index contributed by atoms with van der Waals surface area (Å²) in [5, 5.41) is 0.302. The van der Waals surface area contributed by atoms with Crippen molar-refractivity contribution in [2.75, 3.05) is 6.61 Å². The van der Waals surface area contributed by atoms with Crippen LogP contribution in [-0.4, -0.2) is 18.0 Å². The third-order valence-electron chi connectivity index (χ3n) is 2.97. The molecule has 1 aromatic carbocycles. The van der Waals surface area contributed by atoms with E-state index in [2.05, 4.69) is 4.98 Å². The van der Waals surface area contributed by atoms with Gasteiger partial charge in [-0.3, -0.25) is 4.98 Å². The van der Waals surface area contributed by atoms with Crippen molar-refractivity contribution >= 4 is 35.6 Å². The van der Waals surface area contributed by atoms with Crippen molar-refractivity contribution in [1.82, 2.24) is 4.98 Å². The van der Waals surface area contributed by atoms with Crippen molar-refractivity contribution in [2.45, 2.75) is 19.4 Å². The Bertz CT molecular complexity index is 715.